The maximum atomic E-state index is 12.3. The predicted molar refractivity (Wildman–Crippen MR) is 113 cm³/mol. The predicted octanol–water partition coefficient (Wildman–Crippen LogP) is 1.87. The van der Waals surface area contributed by atoms with Gasteiger partial charge in [-0.25, -0.2) is 28.1 Å². The van der Waals surface area contributed by atoms with Crippen LogP contribution in [0.4, 0.5) is 11.5 Å². The van der Waals surface area contributed by atoms with Gasteiger partial charge in [-0.3, -0.25) is 4.90 Å². The quantitative estimate of drug-likeness (QED) is 0.494. The van der Waals surface area contributed by atoms with Crippen LogP contribution in [0.5, 0.6) is 5.75 Å². The van der Waals surface area contributed by atoms with Gasteiger partial charge < -0.3 is 15.0 Å². The Morgan fingerprint density at radius 3 is 2.80 bits per heavy atom. The van der Waals surface area contributed by atoms with Crippen molar-refractivity contribution in [3.05, 3.63) is 30.9 Å². The van der Waals surface area contributed by atoms with E-state index in [0.29, 0.717) is 35.0 Å². The highest BCUT2D eigenvalue weighted by Crippen LogP contribution is 2.31. The summed E-state index contributed by atoms with van der Waals surface area (Å²) < 4.78 is 32.9. The molecule has 0 saturated carbocycles. The second kappa shape index (κ2) is 8.94. The van der Waals surface area contributed by atoms with Crippen molar-refractivity contribution < 1.29 is 13.2 Å². The van der Waals surface area contributed by atoms with E-state index in [2.05, 4.69) is 34.9 Å². The van der Waals surface area contributed by atoms with Crippen molar-refractivity contribution in [1.82, 2.24) is 29.6 Å². The van der Waals surface area contributed by atoms with Crippen molar-refractivity contribution in [2.24, 2.45) is 0 Å². The number of nitrogens with zero attached hydrogens (tertiary/aromatic N) is 4. The van der Waals surface area contributed by atoms with Gasteiger partial charge in [-0.2, -0.15) is 0 Å². The van der Waals surface area contributed by atoms with Crippen molar-refractivity contribution in [3.8, 4) is 5.75 Å². The molecule has 11 heteroatoms. The molecule has 2 aromatic heterocycles. The topological polar surface area (TPSA) is 125 Å². The summed E-state index contributed by atoms with van der Waals surface area (Å²) in [6.45, 7) is 3.52. The Morgan fingerprint density at radius 1 is 1.17 bits per heavy atom. The molecule has 0 spiro atoms. The van der Waals surface area contributed by atoms with Crippen LogP contribution in [0.25, 0.3) is 11.2 Å². The number of hydrogen-bond acceptors (Lipinski definition) is 8. The van der Waals surface area contributed by atoms with Gasteiger partial charge in [0, 0.05) is 6.54 Å². The molecule has 0 bridgehead atoms. The van der Waals surface area contributed by atoms with E-state index >= 15 is 0 Å². The minimum atomic E-state index is -3.61. The van der Waals surface area contributed by atoms with Gasteiger partial charge >= 0.3 is 0 Å². The second-order valence-corrected chi connectivity index (χ2v) is 8.95. The molecule has 0 amide bonds. The van der Waals surface area contributed by atoms with Crippen LogP contribution in [-0.4, -0.2) is 66.5 Å². The lowest BCUT2D eigenvalue weighted by molar-refractivity contribution is 0.184. The fourth-order valence-corrected chi connectivity index (χ4v) is 4.23. The molecule has 1 fully saturated rings. The van der Waals surface area contributed by atoms with Crippen LogP contribution in [0.3, 0.4) is 0 Å². The molecule has 3 heterocycles. The average molecular weight is 432 g/mol. The first kappa shape index (κ1) is 20.5. The molecule has 1 aliphatic rings. The fourth-order valence-electron chi connectivity index (χ4n) is 3.47. The smallest absolute Gasteiger partial charge is 0.240 e. The van der Waals surface area contributed by atoms with Crippen molar-refractivity contribution in [2.45, 2.75) is 24.2 Å². The molecule has 4 rings (SSSR count). The number of aromatic amines is 1. The van der Waals surface area contributed by atoms with E-state index < -0.39 is 10.0 Å². The number of hydrogen-bond donors (Lipinski definition) is 3. The Kier molecular flexibility index (Phi) is 6.11. The zero-order valence-corrected chi connectivity index (χ0v) is 17.6. The van der Waals surface area contributed by atoms with E-state index in [1.165, 1.54) is 51.1 Å². The summed E-state index contributed by atoms with van der Waals surface area (Å²) in [6.07, 6.45) is 6.65. The first-order valence-electron chi connectivity index (χ1n) is 9.91. The lowest BCUT2D eigenvalue weighted by Crippen LogP contribution is -2.33. The van der Waals surface area contributed by atoms with Gasteiger partial charge in [0.2, 0.25) is 10.0 Å². The molecule has 0 aliphatic carbocycles. The maximum Gasteiger partial charge on any atom is 0.240 e. The van der Waals surface area contributed by atoms with E-state index in [4.69, 9.17) is 4.74 Å². The number of H-pyrrole nitrogens is 1. The van der Waals surface area contributed by atoms with Crippen LogP contribution < -0.4 is 14.8 Å². The highest BCUT2D eigenvalue weighted by Gasteiger charge is 2.17. The molecular weight excluding hydrogens is 406 g/mol. The van der Waals surface area contributed by atoms with Crippen molar-refractivity contribution in [1.29, 1.82) is 0 Å². The number of rotatable bonds is 8. The van der Waals surface area contributed by atoms with Gasteiger partial charge in [-0.1, -0.05) is 6.42 Å². The summed E-state index contributed by atoms with van der Waals surface area (Å²) in [5.74, 6) is 1.03. The van der Waals surface area contributed by atoms with E-state index in [1.807, 2.05) is 0 Å². The van der Waals surface area contributed by atoms with Crippen LogP contribution >= 0.6 is 0 Å². The highest BCUT2D eigenvalue weighted by molar-refractivity contribution is 7.89. The Labute approximate surface area is 175 Å². The molecule has 0 atom stereocenters. The van der Waals surface area contributed by atoms with Gasteiger partial charge in [-0.15, -0.1) is 0 Å². The van der Waals surface area contributed by atoms with Crippen molar-refractivity contribution >= 4 is 32.7 Å². The van der Waals surface area contributed by atoms with E-state index in [9.17, 15) is 8.42 Å². The summed E-state index contributed by atoms with van der Waals surface area (Å²) in [6, 6.07) is 4.72. The Morgan fingerprint density at radius 2 is 2.00 bits per heavy atom. The first-order chi connectivity index (χ1) is 14.6. The van der Waals surface area contributed by atoms with Gasteiger partial charge in [-0.05, 0) is 51.2 Å². The Bertz CT molecular complexity index is 1110. The van der Waals surface area contributed by atoms with Gasteiger partial charge in [0.25, 0.3) is 0 Å². The van der Waals surface area contributed by atoms with Crippen molar-refractivity contribution in [2.75, 3.05) is 38.6 Å². The number of nitrogens with one attached hydrogen (secondary N) is 3. The summed E-state index contributed by atoms with van der Waals surface area (Å²) in [7, 11) is -2.23. The van der Waals surface area contributed by atoms with E-state index in [1.54, 1.807) is 6.07 Å². The lowest BCUT2D eigenvalue weighted by Gasteiger charge is -2.26. The number of fused-ring (bicyclic) bond motifs is 1. The van der Waals surface area contributed by atoms with Crippen LogP contribution in [0.1, 0.15) is 19.3 Å². The molecular formula is C19H25N7O3S. The molecule has 1 aromatic carbocycles. The van der Waals surface area contributed by atoms with E-state index in [-0.39, 0.29) is 4.90 Å². The summed E-state index contributed by atoms with van der Waals surface area (Å²) >= 11 is 0. The molecule has 3 aromatic rings. The van der Waals surface area contributed by atoms with Gasteiger partial charge in [0.15, 0.2) is 11.5 Å². The monoisotopic (exact) mass is 431 g/mol. The fraction of sp³-hybridized carbons (Fsp3) is 0.421. The summed E-state index contributed by atoms with van der Waals surface area (Å²) in [4.78, 5) is 18.0. The normalized spacial score (nSPS) is 15.4. The first-order valence-corrected chi connectivity index (χ1v) is 11.4. The van der Waals surface area contributed by atoms with Gasteiger partial charge in [0.05, 0.1) is 16.9 Å². The maximum absolute atomic E-state index is 12.3. The third kappa shape index (κ3) is 4.53. The number of imidazole rings is 1. The number of likely N-dealkylation sites (tertiary alicyclic amines) is 1. The number of piperidine rings is 1. The molecule has 10 nitrogen and oxygen atoms in total. The Hall–Kier alpha value is -2.76. The standard InChI is InChI=1S/C19H25N7O3S/c1-20-30(27,28)14-5-6-16(29-10-9-26-7-3-2-4-8-26)15(11-14)25-19-17-18(22-12-21-17)23-13-24-19/h5-6,11-13,20H,2-4,7-10H2,1H3,(H2,21,22,23,24,25). The van der Waals surface area contributed by atoms with Crippen LogP contribution in [-0.2, 0) is 10.0 Å². The van der Waals surface area contributed by atoms with Crippen molar-refractivity contribution in [3.63, 3.8) is 0 Å². The number of anilines is 2. The summed E-state index contributed by atoms with van der Waals surface area (Å²) in [5.41, 5.74) is 1.64. The average Bonchev–Trinajstić information content (AvgIpc) is 3.25. The molecule has 30 heavy (non-hydrogen) atoms. The number of aromatic nitrogens is 4. The third-order valence-electron chi connectivity index (χ3n) is 5.12. The zero-order chi connectivity index (χ0) is 21.0. The molecule has 1 saturated heterocycles. The molecule has 160 valence electrons. The van der Waals surface area contributed by atoms with E-state index in [0.717, 1.165) is 19.6 Å². The van der Waals surface area contributed by atoms with Crippen LogP contribution in [0.15, 0.2) is 35.7 Å². The molecule has 0 radical (unpaired) electrons. The lowest BCUT2D eigenvalue weighted by atomic mass is 10.1. The zero-order valence-electron chi connectivity index (χ0n) is 16.8. The van der Waals surface area contributed by atoms with Crippen LogP contribution in [0.2, 0.25) is 0 Å². The second-order valence-electron chi connectivity index (χ2n) is 7.06. The largest absolute Gasteiger partial charge is 0.490 e. The highest BCUT2D eigenvalue weighted by atomic mass is 32.2. The Balaban J connectivity index is 1.59. The molecule has 3 N–H and O–H groups in total. The third-order valence-corrected chi connectivity index (χ3v) is 6.53. The molecule has 0 unspecified atom stereocenters. The van der Waals surface area contributed by atoms with Gasteiger partial charge in [0.1, 0.15) is 24.2 Å². The SMILES string of the molecule is CNS(=O)(=O)c1ccc(OCCN2CCCCC2)c(Nc2ncnc3nc[nH]c23)c1. The minimum Gasteiger partial charge on any atom is -0.490 e. The summed E-state index contributed by atoms with van der Waals surface area (Å²) in [5, 5.41) is 3.17. The van der Waals surface area contributed by atoms with Crippen LogP contribution in [0, 0.1) is 0 Å². The molecule has 1 aliphatic heterocycles. The number of benzene rings is 1. The number of ether oxygens (including phenoxy) is 1. The number of sulfonamides is 1. The minimum absolute atomic E-state index is 0.130.